The Morgan fingerprint density at radius 2 is 1.68 bits per heavy atom. The van der Waals surface area contributed by atoms with Crippen molar-refractivity contribution in [2.45, 2.75) is 13.0 Å². The first-order valence-electron chi connectivity index (χ1n) is 10.2. The number of para-hydroxylation sites is 1. The maximum Gasteiger partial charge on any atom is 0.282 e. The number of rotatable bonds is 10. The zero-order chi connectivity index (χ0) is 24.3. The molecule has 0 saturated heterocycles. The number of hydrogen-bond donors (Lipinski definition) is 2. The molecule has 34 heavy (non-hydrogen) atoms. The van der Waals surface area contributed by atoms with Crippen LogP contribution >= 0.6 is 0 Å². The molecule has 10 heteroatoms. The van der Waals surface area contributed by atoms with Gasteiger partial charge in [0, 0.05) is 5.69 Å². The van der Waals surface area contributed by atoms with Gasteiger partial charge in [-0.3, -0.25) is 19.7 Å². The molecule has 0 aliphatic carbocycles. The van der Waals surface area contributed by atoms with Crippen molar-refractivity contribution in [3.63, 3.8) is 0 Å². The van der Waals surface area contributed by atoms with Gasteiger partial charge in [0.1, 0.15) is 13.0 Å². The summed E-state index contributed by atoms with van der Waals surface area (Å²) in [6, 6.07) is 20.6. The lowest BCUT2D eigenvalue weighted by molar-refractivity contribution is -0.385. The van der Waals surface area contributed by atoms with Crippen LogP contribution in [0, 0.1) is 10.1 Å². The number of carbonyl (C=O) groups is 2. The number of amides is 2. The monoisotopic (exact) mass is 462 g/mol. The molecule has 3 aromatic rings. The third-order valence-electron chi connectivity index (χ3n) is 4.52. The van der Waals surface area contributed by atoms with E-state index < -0.39 is 23.2 Å². The second kappa shape index (κ2) is 11.8. The van der Waals surface area contributed by atoms with Gasteiger partial charge in [-0.25, -0.2) is 5.43 Å². The molecule has 10 nitrogen and oxygen atoms in total. The number of hydrazone groups is 1. The molecular weight excluding hydrogens is 440 g/mol. The highest BCUT2D eigenvalue weighted by Gasteiger charge is 2.19. The maximum atomic E-state index is 12.0. The molecule has 0 aliphatic heterocycles. The van der Waals surface area contributed by atoms with Crippen LogP contribution in [0.3, 0.4) is 0 Å². The van der Waals surface area contributed by atoms with Crippen molar-refractivity contribution < 1.29 is 24.0 Å². The van der Waals surface area contributed by atoms with Gasteiger partial charge >= 0.3 is 0 Å². The summed E-state index contributed by atoms with van der Waals surface area (Å²) >= 11 is 0. The molecular formula is C24H22N4O6. The predicted molar refractivity (Wildman–Crippen MR) is 126 cm³/mol. The van der Waals surface area contributed by atoms with E-state index in [0.29, 0.717) is 5.69 Å². The molecule has 2 amide bonds. The molecule has 0 unspecified atom stereocenters. The van der Waals surface area contributed by atoms with E-state index in [4.69, 9.17) is 9.47 Å². The molecule has 174 valence electrons. The Morgan fingerprint density at radius 3 is 2.32 bits per heavy atom. The minimum absolute atomic E-state index is 0.0861. The standard InChI is InChI=1S/C24H22N4O6/c1-33-21-12-18(15-25-27-24(30)14-23(29)26-19-10-6-3-7-11-19)20(28(31)32)13-22(21)34-16-17-8-4-2-5-9-17/h2-13,15H,14,16H2,1H3,(H,26,29)(H,27,30). The van der Waals surface area contributed by atoms with Gasteiger partial charge in [-0.05, 0) is 23.8 Å². The van der Waals surface area contributed by atoms with E-state index in [1.165, 1.54) is 19.2 Å². The lowest BCUT2D eigenvalue weighted by atomic mass is 10.1. The summed E-state index contributed by atoms with van der Waals surface area (Å²) in [6.07, 6.45) is 0.637. The summed E-state index contributed by atoms with van der Waals surface area (Å²) in [5.41, 5.74) is 3.43. The van der Waals surface area contributed by atoms with E-state index in [9.17, 15) is 19.7 Å². The quantitative estimate of drug-likeness (QED) is 0.205. The van der Waals surface area contributed by atoms with Crippen molar-refractivity contribution in [1.29, 1.82) is 0 Å². The number of benzene rings is 3. The zero-order valence-corrected chi connectivity index (χ0v) is 18.3. The van der Waals surface area contributed by atoms with Gasteiger partial charge in [0.2, 0.25) is 11.8 Å². The number of ether oxygens (including phenoxy) is 2. The van der Waals surface area contributed by atoms with Crippen LogP contribution in [-0.2, 0) is 16.2 Å². The SMILES string of the molecule is COc1cc(C=NNC(=O)CC(=O)Nc2ccccc2)c([N+](=O)[O-])cc1OCc1ccccc1. The van der Waals surface area contributed by atoms with Crippen molar-refractivity contribution in [3.05, 3.63) is 94.0 Å². The molecule has 0 heterocycles. The van der Waals surface area contributed by atoms with Gasteiger partial charge in [-0.15, -0.1) is 0 Å². The lowest BCUT2D eigenvalue weighted by Crippen LogP contribution is -2.24. The summed E-state index contributed by atoms with van der Waals surface area (Å²) < 4.78 is 11.0. The fraction of sp³-hybridized carbons (Fsp3) is 0.125. The summed E-state index contributed by atoms with van der Waals surface area (Å²) in [4.78, 5) is 34.9. The first-order chi connectivity index (χ1) is 16.5. The number of methoxy groups -OCH3 is 1. The van der Waals surface area contributed by atoms with Crippen LogP contribution in [0.25, 0.3) is 0 Å². The van der Waals surface area contributed by atoms with Crippen LogP contribution < -0.4 is 20.2 Å². The highest BCUT2D eigenvalue weighted by Crippen LogP contribution is 2.34. The van der Waals surface area contributed by atoms with Crippen molar-refractivity contribution in [3.8, 4) is 11.5 Å². The Hall–Kier alpha value is -4.73. The normalized spacial score (nSPS) is 10.5. The van der Waals surface area contributed by atoms with Gasteiger partial charge in [-0.2, -0.15) is 5.10 Å². The molecule has 0 radical (unpaired) electrons. The highest BCUT2D eigenvalue weighted by atomic mass is 16.6. The summed E-state index contributed by atoms with van der Waals surface area (Å²) in [5.74, 6) is -0.748. The average molecular weight is 462 g/mol. The molecule has 3 rings (SSSR count). The van der Waals surface area contributed by atoms with E-state index in [1.807, 2.05) is 30.3 Å². The number of anilines is 1. The van der Waals surface area contributed by atoms with E-state index >= 15 is 0 Å². The van der Waals surface area contributed by atoms with E-state index in [0.717, 1.165) is 11.8 Å². The van der Waals surface area contributed by atoms with Crippen molar-refractivity contribution >= 4 is 29.4 Å². The van der Waals surface area contributed by atoms with E-state index in [2.05, 4.69) is 15.8 Å². The highest BCUT2D eigenvalue weighted by molar-refractivity contribution is 6.03. The fourth-order valence-corrected chi connectivity index (χ4v) is 2.92. The number of nitrogens with zero attached hydrogens (tertiary/aromatic N) is 2. The van der Waals surface area contributed by atoms with Gasteiger partial charge < -0.3 is 14.8 Å². The molecule has 2 N–H and O–H groups in total. The average Bonchev–Trinajstić information content (AvgIpc) is 2.83. The number of hydrogen-bond acceptors (Lipinski definition) is 7. The minimum atomic E-state index is -0.679. The Kier molecular flexibility index (Phi) is 8.28. The van der Waals surface area contributed by atoms with Gasteiger partial charge in [0.15, 0.2) is 11.5 Å². The first-order valence-corrected chi connectivity index (χ1v) is 10.2. The van der Waals surface area contributed by atoms with Gasteiger partial charge in [-0.1, -0.05) is 48.5 Å². The second-order valence-corrected chi connectivity index (χ2v) is 6.98. The van der Waals surface area contributed by atoms with Crippen molar-refractivity contribution in [2.24, 2.45) is 5.10 Å². The largest absolute Gasteiger partial charge is 0.493 e. The Bertz CT molecular complexity index is 1180. The van der Waals surface area contributed by atoms with Crippen LogP contribution in [0.1, 0.15) is 17.5 Å². The van der Waals surface area contributed by atoms with Crippen LogP contribution in [0.5, 0.6) is 11.5 Å². The third kappa shape index (κ3) is 6.89. The second-order valence-electron chi connectivity index (χ2n) is 6.98. The van der Waals surface area contributed by atoms with Crippen molar-refractivity contribution in [2.75, 3.05) is 12.4 Å². The van der Waals surface area contributed by atoms with E-state index in [-0.39, 0.29) is 29.4 Å². The molecule has 0 aromatic heterocycles. The molecule has 3 aromatic carbocycles. The smallest absolute Gasteiger partial charge is 0.282 e. The summed E-state index contributed by atoms with van der Waals surface area (Å²) in [7, 11) is 1.41. The molecule has 0 atom stereocenters. The topological polar surface area (TPSA) is 132 Å². The van der Waals surface area contributed by atoms with Crippen molar-refractivity contribution in [1.82, 2.24) is 5.43 Å². The summed E-state index contributed by atoms with van der Waals surface area (Å²) in [5, 5.41) is 17.9. The Balaban J connectivity index is 1.66. The van der Waals surface area contributed by atoms with Gasteiger partial charge in [0.05, 0.1) is 29.9 Å². The molecule has 0 saturated carbocycles. The number of nitro benzene ring substituents is 1. The molecule has 0 bridgehead atoms. The van der Waals surface area contributed by atoms with Crippen LogP contribution in [0.15, 0.2) is 77.9 Å². The van der Waals surface area contributed by atoms with Crippen LogP contribution in [0.4, 0.5) is 11.4 Å². The molecule has 0 fully saturated rings. The predicted octanol–water partition coefficient (Wildman–Crippen LogP) is 3.66. The van der Waals surface area contributed by atoms with Crippen LogP contribution in [0.2, 0.25) is 0 Å². The zero-order valence-electron chi connectivity index (χ0n) is 18.3. The molecule has 0 spiro atoms. The number of carbonyl (C=O) groups excluding carboxylic acids is 2. The Labute approximate surface area is 195 Å². The van der Waals surface area contributed by atoms with E-state index in [1.54, 1.807) is 30.3 Å². The fourth-order valence-electron chi connectivity index (χ4n) is 2.92. The molecule has 0 aliphatic rings. The number of nitro groups is 1. The third-order valence-corrected chi connectivity index (χ3v) is 4.52. The lowest BCUT2D eigenvalue weighted by Gasteiger charge is -2.12. The number of nitrogens with one attached hydrogen (secondary N) is 2. The Morgan fingerprint density at radius 1 is 1.00 bits per heavy atom. The minimum Gasteiger partial charge on any atom is -0.493 e. The summed E-state index contributed by atoms with van der Waals surface area (Å²) in [6.45, 7) is 0.197. The maximum absolute atomic E-state index is 12.0. The van der Waals surface area contributed by atoms with Crippen LogP contribution in [-0.4, -0.2) is 30.1 Å². The van der Waals surface area contributed by atoms with Gasteiger partial charge in [0.25, 0.3) is 5.69 Å². The first kappa shape index (κ1) is 23.9.